The summed E-state index contributed by atoms with van der Waals surface area (Å²) in [5.41, 5.74) is 0. The van der Waals surface area contributed by atoms with Crippen LogP contribution in [0.3, 0.4) is 0 Å². The third-order valence-corrected chi connectivity index (χ3v) is 5.79. The largest absolute Gasteiger partial charge is 0.396 e. The van der Waals surface area contributed by atoms with Crippen LogP contribution in [0.2, 0.25) is 0 Å². The summed E-state index contributed by atoms with van der Waals surface area (Å²) in [6, 6.07) is 0.374. The van der Waals surface area contributed by atoms with Crippen LogP contribution in [0.4, 0.5) is 0 Å². The van der Waals surface area contributed by atoms with E-state index in [9.17, 15) is 4.79 Å². The van der Waals surface area contributed by atoms with Crippen LogP contribution in [-0.2, 0) is 4.79 Å². The highest BCUT2D eigenvalue weighted by Crippen LogP contribution is 2.25. The zero-order chi connectivity index (χ0) is 15.9. The van der Waals surface area contributed by atoms with Gasteiger partial charge in [-0.25, -0.2) is 0 Å². The van der Waals surface area contributed by atoms with Crippen molar-refractivity contribution in [2.24, 2.45) is 11.8 Å². The van der Waals surface area contributed by atoms with Crippen LogP contribution >= 0.6 is 0 Å². The Kier molecular flexibility index (Phi) is 7.16. The van der Waals surface area contributed by atoms with Gasteiger partial charge in [0.25, 0.3) is 0 Å². The Morgan fingerprint density at radius 3 is 2.55 bits per heavy atom. The Hall–Kier alpha value is -0.610. The molecule has 0 aromatic heterocycles. The molecule has 2 N–H and O–H groups in total. The van der Waals surface area contributed by atoms with Crippen LogP contribution in [0, 0.1) is 11.8 Å². The number of amides is 1. The molecule has 1 saturated carbocycles. The zero-order valence-corrected chi connectivity index (χ0v) is 14.4. The average Bonchev–Trinajstić information content (AvgIpc) is 2.55. The molecule has 4 nitrogen and oxygen atoms in total. The fourth-order valence-electron chi connectivity index (χ4n) is 4.01. The van der Waals surface area contributed by atoms with Gasteiger partial charge in [0.1, 0.15) is 0 Å². The summed E-state index contributed by atoms with van der Waals surface area (Å²) in [7, 11) is 0. The molecular weight excluding hydrogens is 276 g/mol. The molecular formula is C18H34N2O2. The highest BCUT2D eigenvalue weighted by molar-refractivity contribution is 5.81. The summed E-state index contributed by atoms with van der Waals surface area (Å²) in [4.78, 5) is 14.9. The van der Waals surface area contributed by atoms with Gasteiger partial charge in [0, 0.05) is 12.6 Å². The van der Waals surface area contributed by atoms with Crippen LogP contribution in [0.1, 0.15) is 65.2 Å². The van der Waals surface area contributed by atoms with Crippen LogP contribution in [0.5, 0.6) is 0 Å². The molecule has 3 atom stereocenters. The molecule has 0 unspecified atom stereocenters. The van der Waals surface area contributed by atoms with Gasteiger partial charge in [-0.2, -0.15) is 0 Å². The first kappa shape index (κ1) is 17.7. The third kappa shape index (κ3) is 4.95. The minimum absolute atomic E-state index is 0.00656. The monoisotopic (exact) mass is 310 g/mol. The lowest BCUT2D eigenvalue weighted by Gasteiger charge is -2.37. The van der Waals surface area contributed by atoms with Gasteiger partial charge >= 0.3 is 0 Å². The number of nitrogens with one attached hydrogen (secondary N) is 1. The molecule has 0 aromatic carbocycles. The van der Waals surface area contributed by atoms with Crippen molar-refractivity contribution in [2.75, 3.05) is 19.7 Å². The number of hydrogen-bond acceptors (Lipinski definition) is 3. The molecule has 0 bridgehead atoms. The summed E-state index contributed by atoms with van der Waals surface area (Å²) < 4.78 is 0. The van der Waals surface area contributed by atoms with Crippen molar-refractivity contribution in [3.8, 4) is 0 Å². The molecule has 0 radical (unpaired) electrons. The van der Waals surface area contributed by atoms with Crippen molar-refractivity contribution >= 4 is 5.91 Å². The molecule has 0 spiro atoms. The second-order valence-corrected chi connectivity index (χ2v) is 7.40. The molecule has 1 aliphatic carbocycles. The Bertz CT molecular complexity index is 340. The van der Waals surface area contributed by atoms with Crippen molar-refractivity contribution < 1.29 is 9.90 Å². The van der Waals surface area contributed by atoms with E-state index in [1.54, 1.807) is 0 Å². The number of aliphatic hydroxyl groups is 1. The van der Waals surface area contributed by atoms with Gasteiger partial charge in [-0.3, -0.25) is 9.69 Å². The first-order chi connectivity index (χ1) is 10.6. The molecule has 2 fully saturated rings. The number of hydrogen-bond donors (Lipinski definition) is 2. The van der Waals surface area contributed by atoms with E-state index < -0.39 is 0 Å². The number of carbonyl (C=O) groups is 1. The fourth-order valence-corrected chi connectivity index (χ4v) is 4.01. The molecule has 1 amide bonds. The van der Waals surface area contributed by atoms with E-state index in [0.29, 0.717) is 18.6 Å². The number of piperidine rings is 1. The maximum Gasteiger partial charge on any atom is 0.237 e. The molecule has 4 heteroatoms. The molecule has 2 rings (SSSR count). The normalized spacial score (nSPS) is 29.2. The third-order valence-electron chi connectivity index (χ3n) is 5.79. The van der Waals surface area contributed by atoms with Crippen LogP contribution in [-0.4, -0.2) is 47.7 Å². The summed E-state index contributed by atoms with van der Waals surface area (Å²) in [5, 5.41) is 12.2. The van der Waals surface area contributed by atoms with Gasteiger partial charge in [0.15, 0.2) is 0 Å². The Balaban J connectivity index is 1.74. The minimum atomic E-state index is -0.00656. The number of likely N-dealkylation sites (tertiary alicyclic amines) is 1. The highest BCUT2D eigenvalue weighted by atomic mass is 16.2. The van der Waals surface area contributed by atoms with Gasteiger partial charge in [-0.05, 0) is 70.4 Å². The number of rotatable bonds is 6. The van der Waals surface area contributed by atoms with Gasteiger partial charge < -0.3 is 10.4 Å². The SMILES string of the molecule is C[C@@H]1CCCC[C@H]1NC(=O)[C@@H](C)N1CCC(CCCO)CC1. The van der Waals surface area contributed by atoms with Gasteiger partial charge in [0.2, 0.25) is 5.91 Å². The Morgan fingerprint density at radius 2 is 1.91 bits per heavy atom. The van der Waals surface area contributed by atoms with Gasteiger partial charge in [0.05, 0.1) is 6.04 Å². The van der Waals surface area contributed by atoms with Crippen molar-refractivity contribution in [3.05, 3.63) is 0 Å². The first-order valence-electron chi connectivity index (χ1n) is 9.27. The van der Waals surface area contributed by atoms with E-state index in [1.807, 2.05) is 0 Å². The topological polar surface area (TPSA) is 52.6 Å². The molecule has 128 valence electrons. The predicted octanol–water partition coefficient (Wildman–Crippen LogP) is 2.55. The average molecular weight is 310 g/mol. The van der Waals surface area contributed by atoms with E-state index >= 15 is 0 Å². The second-order valence-electron chi connectivity index (χ2n) is 7.40. The quantitative estimate of drug-likeness (QED) is 0.793. The van der Waals surface area contributed by atoms with E-state index in [2.05, 4.69) is 24.1 Å². The lowest BCUT2D eigenvalue weighted by atomic mass is 9.85. The summed E-state index contributed by atoms with van der Waals surface area (Å²) >= 11 is 0. The maximum atomic E-state index is 12.5. The predicted molar refractivity (Wildman–Crippen MR) is 89.6 cm³/mol. The molecule has 1 saturated heterocycles. The number of nitrogens with zero attached hydrogens (tertiary/aromatic N) is 1. The lowest BCUT2D eigenvalue weighted by Crippen LogP contribution is -2.52. The minimum Gasteiger partial charge on any atom is -0.396 e. The molecule has 0 aromatic rings. The number of aliphatic hydroxyl groups excluding tert-OH is 1. The van der Waals surface area contributed by atoms with Gasteiger partial charge in [-0.15, -0.1) is 0 Å². The van der Waals surface area contributed by atoms with E-state index in [4.69, 9.17) is 5.11 Å². The van der Waals surface area contributed by atoms with Crippen LogP contribution < -0.4 is 5.32 Å². The van der Waals surface area contributed by atoms with Crippen LogP contribution in [0.25, 0.3) is 0 Å². The van der Waals surface area contributed by atoms with Gasteiger partial charge in [-0.1, -0.05) is 19.8 Å². The zero-order valence-electron chi connectivity index (χ0n) is 14.4. The summed E-state index contributed by atoms with van der Waals surface area (Å²) in [5.74, 6) is 1.57. The second kappa shape index (κ2) is 8.88. The smallest absolute Gasteiger partial charge is 0.237 e. The van der Waals surface area contributed by atoms with Crippen molar-refractivity contribution in [2.45, 2.75) is 77.3 Å². The molecule has 1 aliphatic heterocycles. The summed E-state index contributed by atoms with van der Waals surface area (Å²) in [6.45, 7) is 6.66. The molecule has 22 heavy (non-hydrogen) atoms. The van der Waals surface area contributed by atoms with Crippen LogP contribution in [0.15, 0.2) is 0 Å². The first-order valence-corrected chi connectivity index (χ1v) is 9.27. The molecule has 2 aliphatic rings. The fraction of sp³-hybridized carbons (Fsp3) is 0.944. The van der Waals surface area contributed by atoms with Crippen molar-refractivity contribution in [1.82, 2.24) is 10.2 Å². The lowest BCUT2D eigenvalue weighted by molar-refractivity contribution is -0.127. The Morgan fingerprint density at radius 1 is 1.23 bits per heavy atom. The maximum absolute atomic E-state index is 12.5. The van der Waals surface area contributed by atoms with E-state index in [-0.39, 0.29) is 11.9 Å². The standard InChI is InChI=1S/C18H34N2O2/c1-14-6-3-4-8-17(14)19-18(22)15(2)20-11-9-16(10-12-20)7-5-13-21/h14-17,21H,3-13H2,1-2H3,(H,19,22)/t14-,15-,17-/m1/s1. The molecule has 1 heterocycles. The van der Waals surface area contributed by atoms with E-state index in [0.717, 1.165) is 51.1 Å². The van der Waals surface area contributed by atoms with E-state index in [1.165, 1.54) is 19.3 Å². The van der Waals surface area contributed by atoms with Crippen molar-refractivity contribution in [1.29, 1.82) is 0 Å². The summed E-state index contributed by atoms with van der Waals surface area (Å²) in [6.07, 6.45) is 9.32. The van der Waals surface area contributed by atoms with Crippen molar-refractivity contribution in [3.63, 3.8) is 0 Å². The Labute approximate surface area is 135 Å². The number of carbonyl (C=O) groups excluding carboxylic acids is 1. The highest BCUT2D eigenvalue weighted by Gasteiger charge is 2.29.